The molecule has 0 aromatic heterocycles. The third-order valence-corrected chi connectivity index (χ3v) is 4.67. The van der Waals surface area contributed by atoms with Gasteiger partial charge in [-0.3, -0.25) is 4.99 Å². The smallest absolute Gasteiger partial charge is 0.0673 e. The summed E-state index contributed by atoms with van der Waals surface area (Å²) in [5, 5.41) is 0.759. The molecular formula is C19H21ClN2. The Morgan fingerprint density at radius 1 is 1.09 bits per heavy atom. The standard InChI is InChI=1S/C19H21ClN2/c1-14-12-16(8-9-19(14)22-10-3-4-11-22)13-21-18-7-5-6-17(20)15(18)2/h5-9,12-13H,3-4,10-11H2,1-2H3. The van der Waals surface area contributed by atoms with Gasteiger partial charge in [0.05, 0.1) is 5.69 Å². The largest absolute Gasteiger partial charge is 0.371 e. The van der Waals surface area contributed by atoms with E-state index < -0.39 is 0 Å². The zero-order valence-corrected chi connectivity index (χ0v) is 13.9. The predicted molar refractivity (Wildman–Crippen MR) is 96.1 cm³/mol. The summed E-state index contributed by atoms with van der Waals surface area (Å²) >= 11 is 6.13. The van der Waals surface area contributed by atoms with Crippen LogP contribution < -0.4 is 4.90 Å². The second-order valence-corrected chi connectivity index (χ2v) is 6.29. The molecule has 0 aliphatic carbocycles. The minimum atomic E-state index is 0.759. The summed E-state index contributed by atoms with van der Waals surface area (Å²) in [6.07, 6.45) is 4.52. The van der Waals surface area contributed by atoms with Crippen LogP contribution in [0.1, 0.15) is 29.5 Å². The molecule has 0 spiro atoms. The molecule has 2 nitrogen and oxygen atoms in total. The van der Waals surface area contributed by atoms with E-state index in [1.54, 1.807) is 0 Å². The highest BCUT2D eigenvalue weighted by molar-refractivity contribution is 6.31. The van der Waals surface area contributed by atoms with Gasteiger partial charge in [0, 0.05) is 30.0 Å². The lowest BCUT2D eigenvalue weighted by Crippen LogP contribution is -2.18. The number of anilines is 1. The number of benzene rings is 2. The molecule has 0 amide bonds. The Kier molecular flexibility index (Phi) is 4.49. The van der Waals surface area contributed by atoms with Gasteiger partial charge >= 0.3 is 0 Å². The van der Waals surface area contributed by atoms with Crippen LogP contribution in [0.25, 0.3) is 0 Å². The molecule has 2 aromatic carbocycles. The van der Waals surface area contributed by atoms with E-state index in [1.807, 2.05) is 31.3 Å². The molecule has 1 heterocycles. The van der Waals surface area contributed by atoms with Crippen molar-refractivity contribution >= 4 is 29.2 Å². The van der Waals surface area contributed by atoms with Gasteiger partial charge in [-0.25, -0.2) is 0 Å². The summed E-state index contributed by atoms with van der Waals surface area (Å²) in [4.78, 5) is 7.05. The third kappa shape index (κ3) is 3.17. The van der Waals surface area contributed by atoms with Crippen molar-refractivity contribution in [1.29, 1.82) is 0 Å². The van der Waals surface area contributed by atoms with E-state index in [9.17, 15) is 0 Å². The molecule has 3 rings (SSSR count). The second kappa shape index (κ2) is 6.53. The van der Waals surface area contributed by atoms with Gasteiger partial charge in [-0.15, -0.1) is 0 Å². The molecule has 1 aliphatic rings. The minimum absolute atomic E-state index is 0.759. The van der Waals surface area contributed by atoms with E-state index in [0.717, 1.165) is 21.8 Å². The maximum absolute atomic E-state index is 6.13. The Balaban J connectivity index is 1.82. The maximum atomic E-state index is 6.13. The molecule has 0 N–H and O–H groups in total. The number of nitrogens with zero attached hydrogens (tertiary/aromatic N) is 2. The third-order valence-electron chi connectivity index (χ3n) is 4.26. The fourth-order valence-corrected chi connectivity index (χ4v) is 3.12. The second-order valence-electron chi connectivity index (χ2n) is 5.88. The first-order valence-corrected chi connectivity index (χ1v) is 8.18. The molecular weight excluding hydrogens is 292 g/mol. The molecule has 0 radical (unpaired) electrons. The van der Waals surface area contributed by atoms with Crippen LogP contribution in [-0.4, -0.2) is 19.3 Å². The van der Waals surface area contributed by atoms with E-state index in [0.29, 0.717) is 0 Å². The zero-order valence-electron chi connectivity index (χ0n) is 13.1. The SMILES string of the molecule is Cc1cc(C=Nc2cccc(Cl)c2C)ccc1N1CCCC1. The molecule has 114 valence electrons. The molecule has 22 heavy (non-hydrogen) atoms. The number of rotatable bonds is 3. The van der Waals surface area contributed by atoms with Crippen molar-refractivity contribution in [2.24, 2.45) is 4.99 Å². The van der Waals surface area contributed by atoms with E-state index in [2.05, 4.69) is 35.0 Å². The van der Waals surface area contributed by atoms with Crippen LogP contribution in [0.5, 0.6) is 0 Å². The van der Waals surface area contributed by atoms with Crippen LogP contribution >= 0.6 is 11.6 Å². The van der Waals surface area contributed by atoms with Gasteiger partial charge in [-0.1, -0.05) is 23.7 Å². The monoisotopic (exact) mass is 312 g/mol. The normalized spacial score (nSPS) is 15.0. The van der Waals surface area contributed by atoms with Crippen LogP contribution in [0.2, 0.25) is 5.02 Å². The van der Waals surface area contributed by atoms with Crippen molar-refractivity contribution < 1.29 is 0 Å². The van der Waals surface area contributed by atoms with E-state index in [1.165, 1.54) is 37.2 Å². The maximum Gasteiger partial charge on any atom is 0.0673 e. The first-order valence-electron chi connectivity index (χ1n) is 7.80. The van der Waals surface area contributed by atoms with Crippen LogP contribution in [0.15, 0.2) is 41.4 Å². The van der Waals surface area contributed by atoms with Crippen molar-refractivity contribution in [2.75, 3.05) is 18.0 Å². The Morgan fingerprint density at radius 2 is 1.86 bits per heavy atom. The van der Waals surface area contributed by atoms with Crippen molar-refractivity contribution in [1.82, 2.24) is 0 Å². The first-order chi connectivity index (χ1) is 10.6. The summed E-state index contributed by atoms with van der Waals surface area (Å²) in [6.45, 7) is 6.53. The Bertz CT molecular complexity index is 701. The number of hydrogen-bond acceptors (Lipinski definition) is 2. The van der Waals surface area contributed by atoms with E-state index in [-0.39, 0.29) is 0 Å². The number of halogens is 1. The highest BCUT2D eigenvalue weighted by Gasteiger charge is 2.13. The van der Waals surface area contributed by atoms with Crippen LogP contribution in [0.4, 0.5) is 11.4 Å². The molecule has 0 unspecified atom stereocenters. The molecule has 1 saturated heterocycles. The Labute approximate surface area is 137 Å². The van der Waals surface area contributed by atoms with Crippen molar-refractivity contribution in [3.63, 3.8) is 0 Å². The fraction of sp³-hybridized carbons (Fsp3) is 0.316. The molecule has 1 aliphatic heterocycles. The molecule has 3 heteroatoms. The summed E-state index contributed by atoms with van der Waals surface area (Å²) in [6, 6.07) is 12.4. The van der Waals surface area contributed by atoms with Crippen LogP contribution in [-0.2, 0) is 0 Å². The molecule has 0 saturated carbocycles. The van der Waals surface area contributed by atoms with Crippen molar-refractivity contribution in [2.45, 2.75) is 26.7 Å². The van der Waals surface area contributed by atoms with E-state index in [4.69, 9.17) is 11.6 Å². The summed E-state index contributed by atoms with van der Waals surface area (Å²) in [5.74, 6) is 0. The highest BCUT2D eigenvalue weighted by atomic mass is 35.5. The van der Waals surface area contributed by atoms with Crippen molar-refractivity contribution in [3.05, 3.63) is 58.1 Å². The van der Waals surface area contributed by atoms with Crippen LogP contribution in [0.3, 0.4) is 0 Å². The fourth-order valence-electron chi connectivity index (χ4n) is 2.95. The molecule has 1 fully saturated rings. The predicted octanol–water partition coefficient (Wildman–Crippen LogP) is 5.31. The Hall–Kier alpha value is -1.80. The van der Waals surface area contributed by atoms with Gasteiger partial charge < -0.3 is 4.90 Å². The highest BCUT2D eigenvalue weighted by Crippen LogP contribution is 2.27. The summed E-state index contributed by atoms with van der Waals surface area (Å²) in [7, 11) is 0. The number of aryl methyl sites for hydroxylation is 1. The molecule has 0 atom stereocenters. The topological polar surface area (TPSA) is 15.6 Å². The molecule has 0 bridgehead atoms. The lowest BCUT2D eigenvalue weighted by atomic mass is 10.1. The number of hydrogen-bond donors (Lipinski definition) is 0. The van der Waals surface area contributed by atoms with Gasteiger partial charge in [-0.2, -0.15) is 0 Å². The van der Waals surface area contributed by atoms with Crippen LogP contribution in [0, 0.1) is 13.8 Å². The number of aliphatic imine (C=N–C) groups is 1. The average molecular weight is 313 g/mol. The molecule has 2 aromatic rings. The van der Waals surface area contributed by atoms with Gasteiger partial charge in [0.15, 0.2) is 0 Å². The minimum Gasteiger partial charge on any atom is -0.371 e. The first kappa shape index (κ1) is 15.1. The zero-order chi connectivity index (χ0) is 15.5. The van der Waals surface area contributed by atoms with Gasteiger partial charge in [0.1, 0.15) is 0 Å². The lowest BCUT2D eigenvalue weighted by molar-refractivity contribution is 0.949. The van der Waals surface area contributed by atoms with Crippen molar-refractivity contribution in [3.8, 4) is 0 Å². The summed E-state index contributed by atoms with van der Waals surface area (Å²) in [5.41, 5.74) is 5.74. The van der Waals surface area contributed by atoms with Gasteiger partial charge in [0.25, 0.3) is 0 Å². The quantitative estimate of drug-likeness (QED) is 0.701. The van der Waals surface area contributed by atoms with Gasteiger partial charge in [0.2, 0.25) is 0 Å². The van der Waals surface area contributed by atoms with Gasteiger partial charge in [-0.05, 0) is 67.6 Å². The van der Waals surface area contributed by atoms with E-state index >= 15 is 0 Å². The Morgan fingerprint density at radius 3 is 2.59 bits per heavy atom. The average Bonchev–Trinajstić information content (AvgIpc) is 3.03. The lowest BCUT2D eigenvalue weighted by Gasteiger charge is -2.20. The summed E-state index contributed by atoms with van der Waals surface area (Å²) < 4.78 is 0.